The van der Waals surface area contributed by atoms with Crippen LogP contribution in [0, 0.1) is 0 Å². The Morgan fingerprint density at radius 2 is 2.00 bits per heavy atom. The van der Waals surface area contributed by atoms with E-state index in [9.17, 15) is 8.42 Å². The Bertz CT molecular complexity index is 280. The molecule has 1 atom stereocenters. The minimum absolute atomic E-state index is 0.149. The van der Waals surface area contributed by atoms with Gasteiger partial charge < -0.3 is 5.32 Å². The summed E-state index contributed by atoms with van der Waals surface area (Å²) >= 11 is 0. The molecule has 0 aromatic carbocycles. The number of nitrogens with one attached hydrogen (secondary N) is 1. The summed E-state index contributed by atoms with van der Waals surface area (Å²) in [4.78, 5) is 0. The van der Waals surface area contributed by atoms with Gasteiger partial charge in [-0.1, -0.05) is 13.8 Å². The fourth-order valence-electron chi connectivity index (χ4n) is 2.13. The summed E-state index contributed by atoms with van der Waals surface area (Å²) in [5.41, 5.74) is 0. The van der Waals surface area contributed by atoms with Gasteiger partial charge >= 0.3 is 0 Å². The van der Waals surface area contributed by atoms with Crippen molar-refractivity contribution < 1.29 is 8.42 Å². The van der Waals surface area contributed by atoms with Gasteiger partial charge in [0.1, 0.15) is 0 Å². The molecule has 0 radical (unpaired) electrons. The monoisotopic (exact) mass is 234 g/mol. The standard InChI is InChI=1S/C10H22N2O2S/c1-4-9(5-2)12(3)15(13,14)10-6-7-11-8-10/h9-11H,4-8H2,1-3H3. The number of rotatable bonds is 5. The van der Waals surface area contributed by atoms with Gasteiger partial charge in [0.25, 0.3) is 0 Å². The summed E-state index contributed by atoms with van der Waals surface area (Å²) in [6, 6.07) is 0.149. The molecule has 0 amide bonds. The molecule has 0 bridgehead atoms. The first kappa shape index (κ1) is 12.9. The highest BCUT2D eigenvalue weighted by molar-refractivity contribution is 7.89. The predicted molar refractivity (Wildman–Crippen MR) is 62.3 cm³/mol. The van der Waals surface area contributed by atoms with Crippen LogP contribution in [0.25, 0.3) is 0 Å². The zero-order valence-corrected chi connectivity index (χ0v) is 10.7. The second kappa shape index (κ2) is 5.27. The third-order valence-electron chi connectivity index (χ3n) is 3.29. The van der Waals surface area contributed by atoms with Gasteiger partial charge in [0.05, 0.1) is 5.25 Å². The smallest absolute Gasteiger partial charge is 0.218 e. The normalized spacial score (nSPS) is 22.9. The highest BCUT2D eigenvalue weighted by Crippen LogP contribution is 2.18. The number of nitrogens with zero attached hydrogens (tertiary/aromatic N) is 1. The van der Waals surface area contributed by atoms with Crippen molar-refractivity contribution >= 4 is 10.0 Å². The average molecular weight is 234 g/mol. The van der Waals surface area contributed by atoms with Gasteiger partial charge in [-0.15, -0.1) is 0 Å². The zero-order chi connectivity index (χ0) is 11.5. The molecule has 4 nitrogen and oxygen atoms in total. The van der Waals surface area contributed by atoms with Crippen LogP contribution in [0.15, 0.2) is 0 Å². The lowest BCUT2D eigenvalue weighted by molar-refractivity contribution is 0.345. The SMILES string of the molecule is CCC(CC)N(C)S(=O)(=O)C1CCNC1. The van der Waals surface area contributed by atoms with Crippen LogP contribution in [0.5, 0.6) is 0 Å². The van der Waals surface area contributed by atoms with Crippen LogP contribution in [0.1, 0.15) is 33.1 Å². The van der Waals surface area contributed by atoms with E-state index in [2.05, 4.69) is 5.32 Å². The maximum atomic E-state index is 12.2. The Morgan fingerprint density at radius 1 is 1.40 bits per heavy atom. The molecule has 5 heteroatoms. The molecule has 1 rings (SSSR count). The highest BCUT2D eigenvalue weighted by atomic mass is 32.2. The van der Waals surface area contributed by atoms with E-state index in [4.69, 9.17) is 0 Å². The molecule has 1 aliphatic rings. The lowest BCUT2D eigenvalue weighted by atomic mass is 10.2. The lowest BCUT2D eigenvalue weighted by Gasteiger charge is -2.28. The largest absolute Gasteiger partial charge is 0.315 e. The molecule has 90 valence electrons. The van der Waals surface area contributed by atoms with E-state index >= 15 is 0 Å². The molecule has 0 aromatic rings. The molecule has 1 heterocycles. The van der Waals surface area contributed by atoms with Gasteiger partial charge in [0, 0.05) is 19.6 Å². The summed E-state index contributed by atoms with van der Waals surface area (Å²) in [6.07, 6.45) is 2.51. The maximum absolute atomic E-state index is 12.2. The van der Waals surface area contributed by atoms with E-state index in [-0.39, 0.29) is 11.3 Å². The van der Waals surface area contributed by atoms with Crippen LogP contribution in [0.2, 0.25) is 0 Å². The lowest BCUT2D eigenvalue weighted by Crippen LogP contribution is -2.42. The van der Waals surface area contributed by atoms with Gasteiger partial charge in [0.2, 0.25) is 10.0 Å². The van der Waals surface area contributed by atoms with Gasteiger partial charge in [-0.2, -0.15) is 0 Å². The summed E-state index contributed by atoms with van der Waals surface area (Å²) in [7, 11) is -1.38. The van der Waals surface area contributed by atoms with E-state index in [1.807, 2.05) is 13.8 Å². The van der Waals surface area contributed by atoms with Crippen molar-refractivity contribution in [1.29, 1.82) is 0 Å². The average Bonchev–Trinajstić information content (AvgIpc) is 2.72. The van der Waals surface area contributed by atoms with Crippen molar-refractivity contribution in [2.24, 2.45) is 0 Å². The van der Waals surface area contributed by atoms with Crippen LogP contribution in [-0.4, -0.2) is 44.2 Å². The minimum Gasteiger partial charge on any atom is -0.315 e. The Labute approximate surface area is 93.1 Å². The van der Waals surface area contributed by atoms with Gasteiger partial charge in [0.15, 0.2) is 0 Å². The second-order valence-corrected chi connectivity index (χ2v) is 6.42. The Hall–Kier alpha value is -0.130. The van der Waals surface area contributed by atoms with E-state index < -0.39 is 10.0 Å². The zero-order valence-electron chi connectivity index (χ0n) is 9.86. The molecule has 0 spiro atoms. The maximum Gasteiger partial charge on any atom is 0.218 e. The van der Waals surface area contributed by atoms with Crippen LogP contribution < -0.4 is 5.32 Å². The van der Waals surface area contributed by atoms with Gasteiger partial charge in [-0.05, 0) is 25.8 Å². The highest BCUT2D eigenvalue weighted by Gasteiger charge is 2.34. The number of sulfonamides is 1. The first-order valence-electron chi connectivity index (χ1n) is 5.71. The van der Waals surface area contributed by atoms with Crippen molar-refractivity contribution in [1.82, 2.24) is 9.62 Å². The fourth-order valence-corrected chi connectivity index (χ4v) is 4.06. The van der Waals surface area contributed by atoms with Crippen molar-refractivity contribution in [2.75, 3.05) is 20.1 Å². The quantitative estimate of drug-likeness (QED) is 0.765. The molecule has 1 saturated heterocycles. The molecule has 0 saturated carbocycles. The summed E-state index contributed by atoms with van der Waals surface area (Å²) in [5, 5.41) is 2.88. The molecule has 0 aromatic heterocycles. The molecule has 0 aliphatic carbocycles. The van der Waals surface area contributed by atoms with Crippen molar-refractivity contribution in [2.45, 2.75) is 44.4 Å². The Morgan fingerprint density at radius 3 is 2.40 bits per heavy atom. The Kier molecular flexibility index (Phi) is 4.55. The summed E-state index contributed by atoms with van der Waals surface area (Å²) < 4.78 is 25.9. The summed E-state index contributed by atoms with van der Waals surface area (Å²) in [6.45, 7) is 5.49. The van der Waals surface area contributed by atoms with Crippen molar-refractivity contribution in [3.8, 4) is 0 Å². The molecule has 15 heavy (non-hydrogen) atoms. The third kappa shape index (κ3) is 2.71. The predicted octanol–water partition coefficient (Wildman–Crippen LogP) is 0.798. The van der Waals surface area contributed by atoms with E-state index in [1.54, 1.807) is 11.4 Å². The van der Waals surface area contributed by atoms with Crippen molar-refractivity contribution in [3.05, 3.63) is 0 Å². The number of hydrogen-bond donors (Lipinski definition) is 1. The van der Waals surface area contributed by atoms with Gasteiger partial charge in [-0.3, -0.25) is 0 Å². The first-order chi connectivity index (χ1) is 7.04. The molecular formula is C10H22N2O2S. The van der Waals surface area contributed by atoms with Crippen LogP contribution >= 0.6 is 0 Å². The molecule has 1 fully saturated rings. The molecule has 1 aliphatic heterocycles. The third-order valence-corrected chi connectivity index (χ3v) is 5.64. The van der Waals surface area contributed by atoms with Crippen LogP contribution in [0.4, 0.5) is 0 Å². The molecule has 1 N–H and O–H groups in total. The molecular weight excluding hydrogens is 212 g/mol. The van der Waals surface area contributed by atoms with Crippen LogP contribution in [-0.2, 0) is 10.0 Å². The van der Waals surface area contributed by atoms with Crippen molar-refractivity contribution in [3.63, 3.8) is 0 Å². The fraction of sp³-hybridized carbons (Fsp3) is 1.00. The number of hydrogen-bond acceptors (Lipinski definition) is 3. The van der Waals surface area contributed by atoms with Gasteiger partial charge in [-0.25, -0.2) is 12.7 Å². The Balaban J connectivity index is 2.75. The topological polar surface area (TPSA) is 49.4 Å². The second-order valence-electron chi connectivity index (χ2n) is 4.15. The van der Waals surface area contributed by atoms with E-state index in [0.29, 0.717) is 6.54 Å². The molecule has 1 unspecified atom stereocenters. The summed E-state index contributed by atoms with van der Waals surface area (Å²) in [5.74, 6) is 0. The first-order valence-corrected chi connectivity index (χ1v) is 7.21. The minimum atomic E-state index is -3.09. The van der Waals surface area contributed by atoms with E-state index in [1.165, 1.54) is 0 Å². The van der Waals surface area contributed by atoms with Crippen LogP contribution in [0.3, 0.4) is 0 Å². The van der Waals surface area contributed by atoms with E-state index in [0.717, 1.165) is 25.8 Å².